The van der Waals surface area contributed by atoms with Crippen LogP contribution in [0.1, 0.15) is 13.3 Å². The van der Waals surface area contributed by atoms with Crippen molar-refractivity contribution in [1.29, 1.82) is 0 Å². The molecule has 0 saturated heterocycles. The van der Waals surface area contributed by atoms with Crippen molar-refractivity contribution < 1.29 is 23.8 Å². The highest BCUT2D eigenvalue weighted by molar-refractivity contribution is 8.01. The van der Waals surface area contributed by atoms with Crippen LogP contribution in [0.2, 0.25) is 0 Å². The van der Waals surface area contributed by atoms with Crippen LogP contribution in [0.25, 0.3) is 11.0 Å². The summed E-state index contributed by atoms with van der Waals surface area (Å²) >= 11 is 2.95. The van der Waals surface area contributed by atoms with E-state index in [1.54, 1.807) is 61.3 Å². The van der Waals surface area contributed by atoms with Crippen LogP contribution < -0.4 is 20.7 Å². The molecule has 38 heavy (non-hydrogen) atoms. The minimum Gasteiger partial charge on any atom is -0.457 e. The molecule has 0 unspecified atom stereocenters. The Kier molecular flexibility index (Phi) is 9.86. The van der Waals surface area contributed by atoms with Crippen molar-refractivity contribution in [2.75, 3.05) is 48.6 Å². The van der Waals surface area contributed by atoms with Crippen LogP contribution in [0.4, 0.5) is 21.6 Å². The minimum atomic E-state index is -0.406. The number of nitrogens with one attached hydrogen (secondary N) is 4. The molecule has 0 fully saturated rings. The van der Waals surface area contributed by atoms with Gasteiger partial charge in [-0.25, -0.2) is 9.78 Å². The average Bonchev–Trinajstić information content (AvgIpc) is 3.52. The summed E-state index contributed by atoms with van der Waals surface area (Å²) in [5.74, 6) is 2.11. The van der Waals surface area contributed by atoms with Gasteiger partial charge in [0.05, 0.1) is 24.2 Å². The van der Waals surface area contributed by atoms with Crippen molar-refractivity contribution in [3.05, 3.63) is 42.5 Å². The fourth-order valence-electron chi connectivity index (χ4n) is 3.10. The van der Waals surface area contributed by atoms with Crippen LogP contribution in [-0.2, 0) is 14.3 Å². The molecule has 3 amide bonds. The maximum atomic E-state index is 12.3. The minimum absolute atomic E-state index is 0.0947. The molecule has 2 heterocycles. The molecule has 2 aromatic carbocycles. The average molecular weight is 558 g/mol. The quantitative estimate of drug-likeness (QED) is 0.102. The van der Waals surface area contributed by atoms with E-state index >= 15 is 0 Å². The molecule has 0 aliphatic carbocycles. The van der Waals surface area contributed by atoms with Crippen molar-refractivity contribution in [2.45, 2.75) is 17.7 Å². The van der Waals surface area contributed by atoms with E-state index in [1.807, 2.05) is 0 Å². The molecule has 0 spiro atoms. The summed E-state index contributed by atoms with van der Waals surface area (Å²) < 4.78 is 16.8. The first-order valence-corrected chi connectivity index (χ1v) is 13.5. The summed E-state index contributed by atoms with van der Waals surface area (Å²) in [6, 6.07) is 11.9. The zero-order valence-electron chi connectivity index (χ0n) is 20.8. The SMILES string of the molecule is CCCSc1nnc(NC(=O)Nc2ccc(Oc3ccc4nc(NC(=O)COCCOC)[nH]c4c3)cc2)s1. The summed E-state index contributed by atoms with van der Waals surface area (Å²) in [6.45, 7) is 2.75. The van der Waals surface area contributed by atoms with Crippen LogP contribution in [0.15, 0.2) is 46.8 Å². The van der Waals surface area contributed by atoms with Gasteiger partial charge >= 0.3 is 6.03 Å². The molecule has 12 nitrogen and oxygen atoms in total. The van der Waals surface area contributed by atoms with E-state index in [0.29, 0.717) is 52.5 Å². The van der Waals surface area contributed by atoms with E-state index in [0.717, 1.165) is 16.5 Å². The number of anilines is 3. The second-order valence-corrected chi connectivity index (χ2v) is 10.1. The van der Waals surface area contributed by atoms with Gasteiger partial charge in [-0.2, -0.15) is 0 Å². The molecule has 14 heteroatoms. The molecule has 0 aliphatic rings. The normalized spacial score (nSPS) is 10.9. The largest absolute Gasteiger partial charge is 0.457 e. The van der Waals surface area contributed by atoms with Crippen LogP contribution in [0.5, 0.6) is 11.5 Å². The smallest absolute Gasteiger partial charge is 0.325 e. The summed E-state index contributed by atoms with van der Waals surface area (Å²) in [4.78, 5) is 31.7. The molecule has 0 saturated carbocycles. The lowest BCUT2D eigenvalue weighted by molar-refractivity contribution is -0.121. The van der Waals surface area contributed by atoms with Crippen molar-refractivity contribution >= 4 is 62.8 Å². The Morgan fingerprint density at radius 1 is 1.03 bits per heavy atom. The van der Waals surface area contributed by atoms with Crippen LogP contribution in [0.3, 0.4) is 0 Å². The molecule has 0 bridgehead atoms. The molecule has 4 rings (SSSR count). The Bertz CT molecular complexity index is 1360. The van der Waals surface area contributed by atoms with Crippen molar-refractivity contribution in [1.82, 2.24) is 20.2 Å². The van der Waals surface area contributed by atoms with Crippen LogP contribution >= 0.6 is 23.1 Å². The Labute approximate surface area is 226 Å². The number of carbonyl (C=O) groups is 2. The number of benzene rings is 2. The summed E-state index contributed by atoms with van der Waals surface area (Å²) in [5, 5.41) is 16.6. The Hall–Kier alpha value is -3.72. The topological polar surface area (TPSA) is 152 Å². The van der Waals surface area contributed by atoms with Gasteiger partial charge in [0.15, 0.2) is 4.34 Å². The fourth-order valence-corrected chi connectivity index (χ4v) is 4.77. The lowest BCUT2D eigenvalue weighted by Crippen LogP contribution is -2.20. The first kappa shape index (κ1) is 27.3. The van der Waals surface area contributed by atoms with E-state index in [4.69, 9.17) is 14.2 Å². The van der Waals surface area contributed by atoms with Gasteiger partial charge < -0.3 is 24.5 Å². The van der Waals surface area contributed by atoms with Gasteiger partial charge in [-0.15, -0.1) is 10.2 Å². The number of rotatable bonds is 13. The fraction of sp³-hybridized carbons (Fsp3) is 0.292. The monoisotopic (exact) mass is 557 g/mol. The second-order valence-electron chi connectivity index (χ2n) is 7.79. The van der Waals surface area contributed by atoms with Gasteiger partial charge in [0.25, 0.3) is 5.91 Å². The van der Waals surface area contributed by atoms with Gasteiger partial charge in [-0.05, 0) is 42.8 Å². The first-order valence-electron chi connectivity index (χ1n) is 11.7. The van der Waals surface area contributed by atoms with Gasteiger partial charge in [-0.1, -0.05) is 30.0 Å². The predicted octanol–water partition coefficient (Wildman–Crippen LogP) is 4.95. The Morgan fingerprint density at radius 3 is 2.63 bits per heavy atom. The highest BCUT2D eigenvalue weighted by Crippen LogP contribution is 2.28. The number of methoxy groups -OCH3 is 1. The highest BCUT2D eigenvalue weighted by Gasteiger charge is 2.10. The van der Waals surface area contributed by atoms with Gasteiger partial charge in [0, 0.05) is 24.6 Å². The number of fused-ring (bicyclic) bond motifs is 1. The van der Waals surface area contributed by atoms with Gasteiger partial charge in [-0.3, -0.25) is 15.4 Å². The molecule has 0 aliphatic heterocycles. The molecule has 2 aromatic heterocycles. The number of carbonyl (C=O) groups excluding carboxylic acids is 2. The first-order chi connectivity index (χ1) is 18.5. The zero-order valence-corrected chi connectivity index (χ0v) is 22.4. The number of nitrogens with zero attached hydrogens (tertiary/aromatic N) is 3. The molecule has 4 aromatic rings. The summed E-state index contributed by atoms with van der Waals surface area (Å²) in [7, 11) is 1.56. The Morgan fingerprint density at radius 2 is 1.84 bits per heavy atom. The Balaban J connectivity index is 1.28. The van der Waals surface area contributed by atoms with Crippen molar-refractivity contribution in [3.8, 4) is 11.5 Å². The van der Waals surface area contributed by atoms with Crippen LogP contribution in [0, 0.1) is 0 Å². The lowest BCUT2D eigenvalue weighted by Gasteiger charge is -2.08. The zero-order chi connectivity index (χ0) is 26.7. The van der Waals surface area contributed by atoms with E-state index in [-0.39, 0.29) is 12.5 Å². The van der Waals surface area contributed by atoms with E-state index in [2.05, 4.69) is 43.0 Å². The number of imidazole rings is 1. The lowest BCUT2D eigenvalue weighted by atomic mass is 10.3. The van der Waals surface area contributed by atoms with E-state index < -0.39 is 6.03 Å². The second kappa shape index (κ2) is 13.7. The molecular weight excluding hydrogens is 530 g/mol. The predicted molar refractivity (Wildman–Crippen MR) is 147 cm³/mol. The van der Waals surface area contributed by atoms with Gasteiger partial charge in [0.2, 0.25) is 11.1 Å². The summed E-state index contributed by atoms with van der Waals surface area (Å²) in [5.41, 5.74) is 1.96. The van der Waals surface area contributed by atoms with Crippen LogP contribution in [-0.4, -0.2) is 64.8 Å². The number of H-pyrrole nitrogens is 1. The molecule has 4 N–H and O–H groups in total. The third-order valence-electron chi connectivity index (χ3n) is 4.78. The number of thioether (sulfide) groups is 1. The van der Waals surface area contributed by atoms with E-state index in [9.17, 15) is 9.59 Å². The number of aromatic amines is 1. The number of hydrogen-bond donors (Lipinski definition) is 4. The molecule has 0 radical (unpaired) electrons. The third-order valence-corrected chi connectivity index (χ3v) is 6.96. The number of ether oxygens (including phenoxy) is 3. The molecule has 0 atom stereocenters. The van der Waals surface area contributed by atoms with Crippen molar-refractivity contribution in [2.24, 2.45) is 0 Å². The maximum Gasteiger partial charge on any atom is 0.325 e. The third kappa shape index (κ3) is 8.14. The summed E-state index contributed by atoms with van der Waals surface area (Å²) in [6.07, 6.45) is 1.04. The molecule has 200 valence electrons. The molecular formula is C24H27N7O5S2. The van der Waals surface area contributed by atoms with E-state index in [1.165, 1.54) is 11.3 Å². The maximum absolute atomic E-state index is 12.3. The van der Waals surface area contributed by atoms with Crippen molar-refractivity contribution in [3.63, 3.8) is 0 Å². The number of hydrogen-bond acceptors (Lipinski definition) is 10. The number of aromatic nitrogens is 4. The number of urea groups is 1. The standard InChI is InChI=1S/C24H27N7O5S2/c1-3-12-37-24-31-30-23(38-24)29-22(33)25-15-4-6-16(7-5-15)36-17-8-9-18-19(13-17)27-21(26-18)28-20(32)14-35-11-10-34-2/h4-9,13H,3,10-12,14H2,1-2H3,(H2,25,29,30,33)(H2,26,27,28,32). The number of amides is 3. The van der Waals surface area contributed by atoms with Gasteiger partial charge in [0.1, 0.15) is 18.1 Å². The highest BCUT2D eigenvalue weighted by atomic mass is 32.2.